The van der Waals surface area contributed by atoms with Crippen molar-refractivity contribution in [3.05, 3.63) is 42.4 Å². The van der Waals surface area contributed by atoms with E-state index in [9.17, 15) is 14.7 Å². The number of carboxylic acid groups (broad SMARTS) is 1. The third kappa shape index (κ3) is 6.44. The average Bonchev–Trinajstić information content (AvgIpc) is 3.81. The largest absolute Gasteiger partial charge is 0.481 e. The van der Waals surface area contributed by atoms with E-state index < -0.39 is 17.3 Å². The average molecular weight is 903 g/mol. The van der Waals surface area contributed by atoms with Crippen molar-refractivity contribution in [2.75, 3.05) is 19.6 Å². The zero-order valence-electron chi connectivity index (χ0n) is 41.8. The molecule has 0 bridgehead atoms. The summed E-state index contributed by atoms with van der Waals surface area (Å²) in [4.78, 5) is 55.3. The summed E-state index contributed by atoms with van der Waals surface area (Å²) in [6.07, 6.45) is 20.6. The standard InChI is InChI=1S/C57H82N4O5/c1-51(2)39(48(62)63)32-40(51)49(64)66-45-22-23-54(6)43(52(45,3)4)21-24-56(8)44(54)19-18-38-46-37(53(5)26-27-53)20-25-57(46,29-28-55(38,56)7)50(65)61-31-12-16-36(61)34-60-30-13-17-42(60)47-58-33-41(59-47)35-14-10-9-11-15-35/h9-11,14-15,33,36-40,42-46H,12-13,16-32,34H2,1-8H3,(H,58,59)(H,62,63)/t36-,37+,38+,39-,40+,42-,43-,44+,45-,46+,54-,55+,56+,57-/m0/s1. The van der Waals surface area contributed by atoms with Gasteiger partial charge in [0.2, 0.25) is 5.91 Å². The highest BCUT2D eigenvalue weighted by Gasteiger charge is 2.74. The molecular weight excluding hydrogens is 821 g/mol. The number of H-pyrrole nitrogens is 1. The minimum Gasteiger partial charge on any atom is -0.481 e. The van der Waals surface area contributed by atoms with Gasteiger partial charge in [-0.1, -0.05) is 85.7 Å². The fourth-order valence-corrected chi connectivity index (χ4v) is 18.9. The first-order valence-corrected chi connectivity index (χ1v) is 26.9. The van der Waals surface area contributed by atoms with Gasteiger partial charge in [0, 0.05) is 24.5 Å². The van der Waals surface area contributed by atoms with Gasteiger partial charge < -0.3 is 19.7 Å². The maximum absolute atomic E-state index is 15.9. The molecule has 2 N–H and O–H groups in total. The van der Waals surface area contributed by atoms with Gasteiger partial charge in [-0.2, -0.15) is 0 Å². The van der Waals surface area contributed by atoms with Crippen LogP contribution in [-0.4, -0.2) is 74.5 Å². The van der Waals surface area contributed by atoms with Gasteiger partial charge in [-0.15, -0.1) is 0 Å². The molecule has 2 saturated heterocycles. The van der Waals surface area contributed by atoms with Gasteiger partial charge in [-0.05, 0) is 178 Å². The molecule has 11 rings (SSSR count). The number of carboxylic acids is 1. The molecule has 7 saturated carbocycles. The van der Waals surface area contributed by atoms with E-state index in [1.54, 1.807) is 0 Å². The second-order valence-corrected chi connectivity index (χ2v) is 26.4. The Morgan fingerprint density at radius 2 is 1.50 bits per heavy atom. The van der Waals surface area contributed by atoms with Gasteiger partial charge >= 0.3 is 11.9 Å². The van der Waals surface area contributed by atoms with Crippen molar-refractivity contribution < 1.29 is 24.2 Å². The summed E-state index contributed by atoms with van der Waals surface area (Å²) in [6.45, 7) is 22.2. The van der Waals surface area contributed by atoms with Crippen LogP contribution in [0, 0.1) is 79.3 Å². The molecule has 9 heteroatoms. The molecule has 7 aliphatic carbocycles. The number of hydrogen-bond acceptors (Lipinski definition) is 6. The van der Waals surface area contributed by atoms with E-state index in [1.165, 1.54) is 50.5 Å². The smallest absolute Gasteiger partial charge is 0.309 e. The van der Waals surface area contributed by atoms with Crippen molar-refractivity contribution >= 4 is 17.8 Å². The summed E-state index contributed by atoms with van der Waals surface area (Å²) in [5, 5.41) is 9.76. The van der Waals surface area contributed by atoms with Crippen LogP contribution in [0.1, 0.15) is 176 Å². The van der Waals surface area contributed by atoms with Gasteiger partial charge in [0.15, 0.2) is 0 Å². The highest BCUT2D eigenvalue weighted by Crippen LogP contribution is 2.79. The van der Waals surface area contributed by atoms with Crippen molar-refractivity contribution in [2.24, 2.45) is 79.3 Å². The molecule has 1 aromatic carbocycles. The number of amides is 1. The first-order chi connectivity index (χ1) is 31.3. The van der Waals surface area contributed by atoms with Crippen LogP contribution < -0.4 is 0 Å². The summed E-state index contributed by atoms with van der Waals surface area (Å²) in [5.41, 5.74) is 2.13. The lowest BCUT2D eigenvalue weighted by atomic mass is 9.32. The van der Waals surface area contributed by atoms with E-state index in [-0.39, 0.29) is 57.1 Å². The summed E-state index contributed by atoms with van der Waals surface area (Å²) in [6, 6.07) is 11.1. The number of ether oxygens (including phenoxy) is 1. The Morgan fingerprint density at radius 3 is 2.23 bits per heavy atom. The lowest BCUT2D eigenvalue weighted by molar-refractivity contribution is -0.253. The number of benzene rings is 1. The van der Waals surface area contributed by atoms with Gasteiger partial charge in [0.25, 0.3) is 0 Å². The van der Waals surface area contributed by atoms with Crippen LogP contribution >= 0.6 is 0 Å². The second kappa shape index (κ2) is 15.4. The van der Waals surface area contributed by atoms with Crippen molar-refractivity contribution in [3.8, 4) is 11.3 Å². The first kappa shape index (κ1) is 45.3. The van der Waals surface area contributed by atoms with E-state index in [4.69, 9.17) is 9.72 Å². The lowest BCUT2D eigenvalue weighted by Crippen LogP contribution is -2.68. The van der Waals surface area contributed by atoms with Crippen LogP contribution in [0.5, 0.6) is 0 Å². The van der Waals surface area contributed by atoms with E-state index >= 15 is 4.79 Å². The molecular formula is C57H82N4O5. The zero-order chi connectivity index (χ0) is 46.4. The van der Waals surface area contributed by atoms with Crippen LogP contribution in [0.15, 0.2) is 36.5 Å². The molecule has 1 aromatic heterocycles. The molecule has 0 radical (unpaired) electrons. The van der Waals surface area contributed by atoms with Crippen LogP contribution in [0.2, 0.25) is 0 Å². The van der Waals surface area contributed by atoms with E-state index in [0.717, 1.165) is 88.9 Å². The van der Waals surface area contributed by atoms with Crippen molar-refractivity contribution in [2.45, 2.75) is 183 Å². The number of fused-ring (bicyclic) bond motifs is 7. The topological polar surface area (TPSA) is 116 Å². The number of carbonyl (C=O) groups is 3. The Morgan fingerprint density at radius 1 is 0.742 bits per heavy atom. The van der Waals surface area contributed by atoms with E-state index in [2.05, 4.69) is 86.7 Å². The van der Waals surface area contributed by atoms with Gasteiger partial charge in [-0.25, -0.2) is 4.98 Å². The number of aromatic nitrogens is 2. The number of hydrogen-bond donors (Lipinski definition) is 2. The number of carbonyl (C=O) groups excluding carboxylic acids is 2. The quantitative estimate of drug-likeness (QED) is 0.241. The number of aliphatic carboxylic acids is 1. The third-order valence-corrected chi connectivity index (χ3v) is 23.3. The molecule has 14 atom stereocenters. The fourth-order valence-electron chi connectivity index (χ4n) is 18.9. The third-order valence-electron chi connectivity index (χ3n) is 23.3. The van der Waals surface area contributed by atoms with Crippen molar-refractivity contribution in [3.63, 3.8) is 0 Å². The minimum absolute atomic E-state index is 0.147. The monoisotopic (exact) mass is 903 g/mol. The predicted octanol–water partition coefficient (Wildman–Crippen LogP) is 11.7. The molecule has 9 aliphatic rings. The van der Waals surface area contributed by atoms with Crippen molar-refractivity contribution in [1.29, 1.82) is 0 Å². The summed E-state index contributed by atoms with van der Waals surface area (Å²) >= 11 is 0. The number of rotatable bonds is 9. The maximum Gasteiger partial charge on any atom is 0.309 e. The Bertz CT molecular complexity index is 2230. The molecule has 360 valence electrons. The molecule has 3 heterocycles. The molecule has 1 amide bonds. The van der Waals surface area contributed by atoms with E-state index in [0.29, 0.717) is 47.3 Å². The second-order valence-electron chi connectivity index (χ2n) is 26.4. The normalized spacial score (nSPS) is 44.0. The first-order valence-electron chi connectivity index (χ1n) is 26.9. The van der Waals surface area contributed by atoms with Crippen LogP contribution in [0.25, 0.3) is 11.3 Å². The lowest BCUT2D eigenvalue weighted by Gasteiger charge is -2.73. The molecule has 2 aliphatic heterocycles. The Kier molecular flexibility index (Phi) is 10.6. The molecule has 9 fully saturated rings. The maximum atomic E-state index is 15.9. The Hall–Kier alpha value is -3.20. The van der Waals surface area contributed by atoms with Gasteiger partial charge in [0.05, 0.1) is 35.2 Å². The van der Waals surface area contributed by atoms with E-state index in [1.807, 2.05) is 20.0 Å². The number of nitrogens with one attached hydrogen (secondary N) is 1. The number of aromatic amines is 1. The van der Waals surface area contributed by atoms with Gasteiger partial charge in [0.1, 0.15) is 11.9 Å². The predicted molar refractivity (Wildman–Crippen MR) is 257 cm³/mol. The zero-order valence-corrected chi connectivity index (χ0v) is 41.8. The highest BCUT2D eigenvalue weighted by atomic mass is 16.5. The molecule has 9 nitrogen and oxygen atoms in total. The van der Waals surface area contributed by atoms with Gasteiger partial charge in [-0.3, -0.25) is 19.3 Å². The number of likely N-dealkylation sites (tertiary alicyclic amines) is 2. The minimum atomic E-state index is -0.807. The van der Waals surface area contributed by atoms with Crippen LogP contribution in [0.4, 0.5) is 0 Å². The molecule has 66 heavy (non-hydrogen) atoms. The Labute approximate surface area is 395 Å². The summed E-state index contributed by atoms with van der Waals surface area (Å²) in [7, 11) is 0. The van der Waals surface area contributed by atoms with Crippen molar-refractivity contribution in [1.82, 2.24) is 19.8 Å². The van der Waals surface area contributed by atoms with Crippen LogP contribution in [0.3, 0.4) is 0 Å². The highest BCUT2D eigenvalue weighted by molar-refractivity contribution is 5.85. The fraction of sp³-hybridized carbons (Fsp3) is 0.789. The Balaban J connectivity index is 0.827. The number of nitrogens with zero attached hydrogens (tertiary/aromatic N) is 3. The molecule has 0 unspecified atom stereocenters. The number of imidazole rings is 1. The molecule has 2 aromatic rings. The molecule has 0 spiro atoms. The summed E-state index contributed by atoms with van der Waals surface area (Å²) in [5.74, 6) is 2.47. The summed E-state index contributed by atoms with van der Waals surface area (Å²) < 4.78 is 6.52. The number of esters is 1. The van der Waals surface area contributed by atoms with Crippen LogP contribution in [-0.2, 0) is 19.1 Å². The SMILES string of the molecule is CC1([C@@H]2CC[C@]3(C(=O)N4CCC[C@H]4CN4CCC[C@H]4c4ncc(-c5ccccc5)[nH]4)CC[C@]4(C)[C@H](CC[C@@H]5[C@@]6(C)CC[C@H](OC(=O)[C@H]7C[C@@H](C(=O)O)C7(C)C)C(C)(C)[C@@H]6CC[C@]54C)[C@@H]23)CC1.